The average molecular weight is 299 g/mol. The molecule has 20 heavy (non-hydrogen) atoms. The van der Waals surface area contributed by atoms with Crippen LogP contribution >= 0.6 is 0 Å². The molecule has 5 nitrogen and oxygen atoms in total. The van der Waals surface area contributed by atoms with Gasteiger partial charge < -0.3 is 15.0 Å². The van der Waals surface area contributed by atoms with Gasteiger partial charge in [0.05, 0.1) is 5.54 Å². The molecule has 1 unspecified atom stereocenters. The first-order chi connectivity index (χ1) is 9.19. The van der Waals surface area contributed by atoms with Crippen LogP contribution in [0.25, 0.3) is 0 Å². The minimum atomic E-state index is -4.20. The van der Waals surface area contributed by atoms with Gasteiger partial charge in [-0.15, -0.1) is 0 Å². The second kappa shape index (κ2) is 6.49. The van der Waals surface area contributed by atoms with Crippen molar-refractivity contribution in [3.8, 4) is 0 Å². The summed E-state index contributed by atoms with van der Waals surface area (Å²) in [6.07, 6.45) is -2.39. The number of alkyl halides is 4. The van der Waals surface area contributed by atoms with Gasteiger partial charge in [-0.05, 0) is 13.3 Å². The zero-order chi connectivity index (χ0) is 15.4. The third kappa shape index (κ3) is 4.41. The Kier molecular flexibility index (Phi) is 5.46. The summed E-state index contributed by atoms with van der Waals surface area (Å²) >= 11 is 0. The number of rotatable bonds is 8. The Bertz CT molecular complexity index is 424. The molecule has 0 saturated heterocycles. The van der Waals surface area contributed by atoms with Gasteiger partial charge in [0.1, 0.15) is 13.2 Å². The summed E-state index contributed by atoms with van der Waals surface area (Å²) in [5, 5.41) is 3.51. The third-order valence-corrected chi connectivity index (χ3v) is 2.57. The highest BCUT2D eigenvalue weighted by Gasteiger charge is 2.41. The second-order valence-corrected chi connectivity index (χ2v) is 4.74. The summed E-state index contributed by atoms with van der Waals surface area (Å²) < 4.78 is 58.3. The molecule has 0 aliphatic rings. The number of hydrogen-bond acceptors (Lipinski definition) is 5. The lowest BCUT2D eigenvalue weighted by Gasteiger charge is -2.18. The highest BCUT2D eigenvalue weighted by atomic mass is 19.3. The van der Waals surface area contributed by atoms with Crippen molar-refractivity contribution in [1.29, 1.82) is 0 Å². The molecule has 2 N–H and O–H groups in total. The van der Waals surface area contributed by atoms with E-state index in [0.29, 0.717) is 6.42 Å². The molecule has 1 heterocycles. The van der Waals surface area contributed by atoms with Gasteiger partial charge in [-0.2, -0.15) is 13.8 Å². The Hall–Kier alpha value is -1.22. The molecule has 116 valence electrons. The molecule has 0 radical (unpaired) electrons. The summed E-state index contributed by atoms with van der Waals surface area (Å²) in [5.74, 6) is -4.06. The standard InChI is InChI=1S/C11H17F4N3O2/c1-3-4-10(2,16)9-17-7(18-20-9)5-19-6-11(14,15)8(12)13/h8H,3-6,16H2,1-2H3. The number of halogens is 4. The summed E-state index contributed by atoms with van der Waals surface area (Å²) in [4.78, 5) is 3.90. The van der Waals surface area contributed by atoms with Crippen LogP contribution in [0, 0.1) is 0 Å². The molecule has 1 aromatic heterocycles. The van der Waals surface area contributed by atoms with E-state index in [9.17, 15) is 17.6 Å². The molecule has 0 spiro atoms. The van der Waals surface area contributed by atoms with Crippen molar-refractivity contribution in [3.63, 3.8) is 0 Å². The first-order valence-corrected chi connectivity index (χ1v) is 6.04. The molecule has 0 saturated carbocycles. The predicted molar refractivity (Wildman–Crippen MR) is 61.4 cm³/mol. The lowest BCUT2D eigenvalue weighted by atomic mass is 9.98. The fraction of sp³-hybridized carbons (Fsp3) is 0.818. The van der Waals surface area contributed by atoms with Crippen molar-refractivity contribution < 1.29 is 26.8 Å². The molecule has 1 aromatic rings. The first-order valence-electron chi connectivity index (χ1n) is 6.04. The average Bonchev–Trinajstić information content (AvgIpc) is 2.78. The maximum Gasteiger partial charge on any atom is 0.330 e. The highest BCUT2D eigenvalue weighted by molar-refractivity contribution is 4.99. The van der Waals surface area contributed by atoms with Crippen molar-refractivity contribution in [2.45, 2.75) is 51.2 Å². The lowest BCUT2D eigenvalue weighted by molar-refractivity contribution is -0.168. The smallest absolute Gasteiger partial charge is 0.330 e. The van der Waals surface area contributed by atoms with Crippen LogP contribution in [0.2, 0.25) is 0 Å². The van der Waals surface area contributed by atoms with Crippen LogP contribution in [-0.2, 0) is 16.9 Å². The molecule has 0 aliphatic heterocycles. The Labute approximate surface area is 113 Å². The Morgan fingerprint density at radius 3 is 2.60 bits per heavy atom. The van der Waals surface area contributed by atoms with Crippen molar-refractivity contribution in [3.05, 3.63) is 11.7 Å². The van der Waals surface area contributed by atoms with E-state index in [1.165, 1.54) is 0 Å². The maximum atomic E-state index is 12.6. The summed E-state index contributed by atoms with van der Waals surface area (Å²) in [7, 11) is 0. The molecule has 0 bridgehead atoms. The molecule has 0 aromatic carbocycles. The van der Waals surface area contributed by atoms with Gasteiger partial charge in [0.2, 0.25) is 5.89 Å². The van der Waals surface area contributed by atoms with Crippen LogP contribution in [-0.4, -0.2) is 29.1 Å². The zero-order valence-electron chi connectivity index (χ0n) is 11.2. The Morgan fingerprint density at radius 2 is 2.05 bits per heavy atom. The van der Waals surface area contributed by atoms with Crippen LogP contribution in [0.15, 0.2) is 4.52 Å². The van der Waals surface area contributed by atoms with Gasteiger partial charge >= 0.3 is 12.3 Å². The predicted octanol–water partition coefficient (Wildman–Crippen LogP) is 2.46. The fourth-order valence-electron chi connectivity index (χ4n) is 1.51. The van der Waals surface area contributed by atoms with E-state index in [0.717, 1.165) is 6.42 Å². The minimum absolute atomic E-state index is 0.0159. The molecule has 0 aliphatic carbocycles. The zero-order valence-corrected chi connectivity index (χ0v) is 11.2. The van der Waals surface area contributed by atoms with Crippen LogP contribution in [0.3, 0.4) is 0 Å². The quantitative estimate of drug-likeness (QED) is 0.746. The van der Waals surface area contributed by atoms with Crippen molar-refractivity contribution in [2.75, 3.05) is 6.61 Å². The lowest BCUT2D eigenvalue weighted by Crippen LogP contribution is -2.33. The number of ether oxygens (including phenoxy) is 1. The molecule has 0 fully saturated rings. The molecule has 0 amide bonds. The van der Waals surface area contributed by atoms with Crippen LogP contribution in [0.5, 0.6) is 0 Å². The van der Waals surface area contributed by atoms with Gasteiger partial charge in [-0.25, -0.2) is 8.78 Å². The molecule has 9 heteroatoms. The Morgan fingerprint density at radius 1 is 1.40 bits per heavy atom. The van der Waals surface area contributed by atoms with Crippen LogP contribution < -0.4 is 5.73 Å². The van der Waals surface area contributed by atoms with E-state index in [1.54, 1.807) is 6.92 Å². The molecule has 1 rings (SSSR count). The monoisotopic (exact) mass is 299 g/mol. The number of nitrogens with two attached hydrogens (primary N) is 1. The van der Waals surface area contributed by atoms with Gasteiger partial charge in [-0.1, -0.05) is 18.5 Å². The van der Waals surface area contributed by atoms with E-state index >= 15 is 0 Å². The number of nitrogens with zero attached hydrogens (tertiary/aromatic N) is 2. The third-order valence-electron chi connectivity index (χ3n) is 2.57. The van der Waals surface area contributed by atoms with Gasteiger partial charge in [-0.3, -0.25) is 0 Å². The minimum Gasteiger partial charge on any atom is -0.367 e. The molecular weight excluding hydrogens is 282 g/mol. The van der Waals surface area contributed by atoms with Crippen molar-refractivity contribution in [2.24, 2.45) is 5.73 Å². The second-order valence-electron chi connectivity index (χ2n) is 4.74. The van der Waals surface area contributed by atoms with Crippen molar-refractivity contribution >= 4 is 0 Å². The van der Waals surface area contributed by atoms with Crippen molar-refractivity contribution in [1.82, 2.24) is 10.1 Å². The summed E-state index contributed by atoms with van der Waals surface area (Å²) in [5.41, 5.74) is 5.12. The van der Waals surface area contributed by atoms with Crippen LogP contribution in [0.4, 0.5) is 17.6 Å². The van der Waals surface area contributed by atoms with Gasteiger partial charge in [0, 0.05) is 0 Å². The molecular formula is C11H17F4N3O2. The van der Waals surface area contributed by atoms with Crippen LogP contribution in [0.1, 0.15) is 38.4 Å². The van der Waals surface area contributed by atoms with E-state index in [4.69, 9.17) is 10.3 Å². The number of aromatic nitrogens is 2. The molecule has 1 atom stereocenters. The Balaban J connectivity index is 2.53. The van der Waals surface area contributed by atoms with Gasteiger partial charge in [0.15, 0.2) is 5.82 Å². The SMILES string of the molecule is CCCC(C)(N)c1nc(COCC(F)(F)C(F)F)no1. The topological polar surface area (TPSA) is 74.2 Å². The fourth-order valence-corrected chi connectivity index (χ4v) is 1.51. The van der Waals surface area contributed by atoms with E-state index < -0.39 is 31.1 Å². The normalized spacial score (nSPS) is 15.6. The first kappa shape index (κ1) is 16.8. The summed E-state index contributed by atoms with van der Waals surface area (Å²) in [6, 6.07) is 0. The van der Waals surface area contributed by atoms with Gasteiger partial charge in [0.25, 0.3) is 0 Å². The van der Waals surface area contributed by atoms with E-state index in [-0.39, 0.29) is 11.7 Å². The van der Waals surface area contributed by atoms with E-state index in [2.05, 4.69) is 14.9 Å². The highest BCUT2D eigenvalue weighted by Crippen LogP contribution is 2.24. The van der Waals surface area contributed by atoms with E-state index in [1.807, 2.05) is 6.92 Å². The summed E-state index contributed by atoms with van der Waals surface area (Å²) in [6.45, 7) is 1.76. The maximum absolute atomic E-state index is 12.6. The largest absolute Gasteiger partial charge is 0.367 e. The number of hydrogen-bond donors (Lipinski definition) is 1.